The van der Waals surface area contributed by atoms with Crippen molar-refractivity contribution < 1.29 is 43.8 Å². The van der Waals surface area contributed by atoms with E-state index in [0.717, 1.165) is 30.4 Å². The van der Waals surface area contributed by atoms with Gasteiger partial charge in [-0.1, -0.05) is 55.3 Å². The van der Waals surface area contributed by atoms with Crippen LogP contribution in [0, 0.1) is 5.92 Å². The van der Waals surface area contributed by atoms with Crippen molar-refractivity contribution in [3.05, 3.63) is 88.2 Å². The zero-order valence-corrected chi connectivity index (χ0v) is 45.6. The summed E-state index contributed by atoms with van der Waals surface area (Å²) in [5.41, 5.74) is 40.3. The van der Waals surface area contributed by atoms with Crippen LogP contribution >= 0.6 is 0 Å². The first-order valence-electron chi connectivity index (χ1n) is 27.5. The third-order valence-corrected chi connectivity index (χ3v) is 15.3. The largest absolute Gasteiger partial charge is 0.480 e. The molecule has 1 saturated heterocycles. The number of hydrogen-bond acceptors (Lipinski definition) is 13. The zero-order valence-electron chi connectivity index (χ0n) is 45.6. The number of aliphatic imine (C=N–C) groups is 3. The van der Waals surface area contributed by atoms with Crippen LogP contribution in [0.5, 0.6) is 0 Å². The summed E-state index contributed by atoms with van der Waals surface area (Å²) in [6, 6.07) is 11.0. The molecule has 440 valence electrons. The van der Waals surface area contributed by atoms with E-state index in [1.54, 1.807) is 42.5 Å². The van der Waals surface area contributed by atoms with Crippen molar-refractivity contribution in [2.24, 2.45) is 61.0 Å². The van der Waals surface area contributed by atoms with Crippen molar-refractivity contribution in [1.29, 1.82) is 0 Å². The molecule has 0 radical (unpaired) electrons. The molecule has 1 aliphatic carbocycles. The van der Waals surface area contributed by atoms with Crippen molar-refractivity contribution in [3.63, 3.8) is 0 Å². The third kappa shape index (κ3) is 15.1. The van der Waals surface area contributed by atoms with Crippen LogP contribution in [-0.4, -0.2) is 152 Å². The van der Waals surface area contributed by atoms with Gasteiger partial charge in [-0.05, 0) is 104 Å². The molecule has 2 aliphatic heterocycles. The number of hydrogen-bond donors (Lipinski definition) is 13. The maximum Gasteiger partial charge on any atom is 0.326 e. The molecular formula is C55H75N17O10. The second-order valence-corrected chi connectivity index (χ2v) is 20.9. The molecule has 0 bridgehead atoms. The van der Waals surface area contributed by atoms with Crippen LogP contribution in [0.15, 0.2) is 86.5 Å². The van der Waals surface area contributed by atoms with E-state index in [1.165, 1.54) is 20.4 Å². The number of anilines is 1. The van der Waals surface area contributed by atoms with Gasteiger partial charge in [-0.15, -0.1) is 0 Å². The number of nitrogens with two attached hydrogens (primary N) is 7. The lowest BCUT2D eigenvalue weighted by atomic mass is 9.84. The second-order valence-electron chi connectivity index (χ2n) is 20.9. The molecule has 3 heterocycles. The Morgan fingerprint density at radius 3 is 1.93 bits per heavy atom. The number of likely N-dealkylation sites (tertiary alicyclic amines) is 1. The first-order valence-corrected chi connectivity index (χ1v) is 27.5. The molecule has 0 spiro atoms. The molecule has 2 fully saturated rings. The number of carboxylic acid groups (broad SMARTS) is 1. The number of pyridine rings is 1. The Hall–Kier alpha value is -8.85. The van der Waals surface area contributed by atoms with Gasteiger partial charge in [-0.3, -0.25) is 53.1 Å². The normalized spacial score (nSPS) is 18.8. The van der Waals surface area contributed by atoms with Gasteiger partial charge in [0.15, 0.2) is 17.9 Å². The molecule has 1 saturated carbocycles. The predicted octanol–water partition coefficient (Wildman–Crippen LogP) is -1.77. The van der Waals surface area contributed by atoms with E-state index in [4.69, 9.17) is 40.1 Å². The molecule has 1 aromatic heterocycles. The Bertz CT molecular complexity index is 3170. The molecule has 82 heavy (non-hydrogen) atoms. The number of fused-ring (bicyclic) bond motifs is 5. The minimum Gasteiger partial charge on any atom is -0.480 e. The summed E-state index contributed by atoms with van der Waals surface area (Å²) in [5.74, 6) is -5.67. The van der Waals surface area contributed by atoms with Gasteiger partial charge >= 0.3 is 5.97 Å². The number of carboxylic acids is 1. The Labute approximate surface area is 472 Å². The maximum absolute atomic E-state index is 15.3. The molecule has 3 aliphatic rings. The van der Waals surface area contributed by atoms with E-state index >= 15 is 4.79 Å². The van der Waals surface area contributed by atoms with Crippen LogP contribution in [-0.2, 0) is 53.1 Å². The topological polar surface area (TPSA) is 456 Å². The fraction of sp³-hybridized carbons (Fsp3) is 0.473. The molecular weight excluding hydrogens is 1060 g/mol. The van der Waals surface area contributed by atoms with Gasteiger partial charge < -0.3 is 81.4 Å². The van der Waals surface area contributed by atoms with Crippen molar-refractivity contribution in [2.75, 3.05) is 31.6 Å². The van der Waals surface area contributed by atoms with Crippen LogP contribution in [0.1, 0.15) is 81.8 Å². The van der Waals surface area contributed by atoms with E-state index in [1.807, 2.05) is 18.2 Å². The van der Waals surface area contributed by atoms with Gasteiger partial charge in [-0.25, -0.2) is 4.79 Å². The molecule has 8 unspecified atom stereocenters. The van der Waals surface area contributed by atoms with Gasteiger partial charge in [0, 0.05) is 55.1 Å². The summed E-state index contributed by atoms with van der Waals surface area (Å²) >= 11 is 0. The van der Waals surface area contributed by atoms with E-state index < -0.39 is 96.4 Å². The fourth-order valence-electron chi connectivity index (χ4n) is 11.3. The van der Waals surface area contributed by atoms with Crippen LogP contribution in [0.2, 0.25) is 0 Å². The minimum atomic E-state index is -1.60. The van der Waals surface area contributed by atoms with E-state index in [9.17, 15) is 43.8 Å². The van der Waals surface area contributed by atoms with Crippen LogP contribution in [0.3, 0.4) is 0 Å². The first kappa shape index (κ1) is 60.8. The van der Waals surface area contributed by atoms with Crippen molar-refractivity contribution in [1.82, 2.24) is 30.3 Å². The fourth-order valence-corrected chi connectivity index (χ4v) is 11.3. The van der Waals surface area contributed by atoms with Crippen LogP contribution < -0.4 is 67.0 Å². The van der Waals surface area contributed by atoms with Gasteiger partial charge in [0.05, 0.1) is 18.2 Å². The van der Waals surface area contributed by atoms with Gasteiger partial charge in [0.2, 0.25) is 35.4 Å². The Balaban J connectivity index is 1.12. The minimum absolute atomic E-state index is 0.0192. The summed E-state index contributed by atoms with van der Waals surface area (Å²) in [7, 11) is 0. The van der Waals surface area contributed by atoms with Gasteiger partial charge in [-0.2, -0.15) is 0 Å². The number of amides is 6. The number of nitrogens with one attached hydrogen (secondary N) is 4. The van der Waals surface area contributed by atoms with Crippen molar-refractivity contribution >= 4 is 86.7 Å². The summed E-state index contributed by atoms with van der Waals surface area (Å²) < 4.78 is 1.21. The molecule has 27 nitrogen and oxygen atoms in total. The molecule has 8 atom stereocenters. The highest BCUT2D eigenvalue weighted by atomic mass is 16.4. The second kappa shape index (κ2) is 28.0. The molecule has 3 aromatic carbocycles. The highest BCUT2D eigenvalue weighted by Crippen LogP contribution is 2.41. The average Bonchev–Trinajstić information content (AvgIpc) is 3.22. The number of carbonyl (C=O) groups is 7. The van der Waals surface area contributed by atoms with Crippen molar-refractivity contribution in [2.45, 2.75) is 132 Å². The molecule has 4 aromatic rings. The lowest BCUT2D eigenvalue weighted by Gasteiger charge is -2.42. The number of aromatic nitrogens is 1. The van der Waals surface area contributed by atoms with Gasteiger partial charge in [0.1, 0.15) is 36.8 Å². The number of nitrogens with zero attached hydrogens (tertiary/aromatic N) is 6. The zero-order chi connectivity index (χ0) is 59.2. The molecule has 27 heteroatoms. The third-order valence-electron chi connectivity index (χ3n) is 15.3. The molecule has 20 N–H and O–H groups in total. The Morgan fingerprint density at radius 2 is 1.28 bits per heavy atom. The SMILES string of the molecule is NC(N)=NCCCC(N)C(=O)NC(CCCN=C(N)N)C(=O)Nc1ccc2c(c1)c1ccccc1c(=O)n2CC(=O)NC(CO)C(=O)N1Cc2ccccc2CC1C(=O)N1C(C(=O)NC(CCCN=C(N)N)C(=O)O)CC2CCCCC21. The van der Waals surface area contributed by atoms with Crippen LogP contribution in [0.4, 0.5) is 5.69 Å². The quantitative estimate of drug-likeness (QED) is 0.0151. The summed E-state index contributed by atoms with van der Waals surface area (Å²) in [4.78, 5) is 127. The number of aliphatic hydroxyl groups excluding tert-OH is 1. The van der Waals surface area contributed by atoms with Gasteiger partial charge in [0.25, 0.3) is 5.56 Å². The number of aliphatic hydroxyl groups is 1. The Morgan fingerprint density at radius 1 is 0.671 bits per heavy atom. The van der Waals surface area contributed by atoms with Crippen molar-refractivity contribution in [3.8, 4) is 0 Å². The number of guanidine groups is 3. The van der Waals surface area contributed by atoms with E-state index in [0.29, 0.717) is 30.0 Å². The number of rotatable bonds is 25. The molecule has 7 rings (SSSR count). The average molecular weight is 1130 g/mol. The Kier molecular flexibility index (Phi) is 20.8. The summed E-state index contributed by atoms with van der Waals surface area (Å²) in [6.07, 6.45) is 4.68. The smallest absolute Gasteiger partial charge is 0.326 e. The van der Waals surface area contributed by atoms with E-state index in [-0.39, 0.29) is 111 Å². The predicted molar refractivity (Wildman–Crippen MR) is 308 cm³/mol. The molecule has 6 amide bonds. The highest BCUT2D eigenvalue weighted by molar-refractivity contribution is 6.08. The first-order chi connectivity index (χ1) is 39.3. The lowest BCUT2D eigenvalue weighted by molar-refractivity contribution is -0.153. The summed E-state index contributed by atoms with van der Waals surface area (Å²) in [5, 5.41) is 33.0. The standard InChI is InChI=1S/C55H75N17O10/c56-37(15-7-21-63-53(57)58)46(75)68-38(16-8-22-64-54(59)60)47(76)66-33-19-20-42-36(26-33)34-13-4-5-14-35(34)49(78)71(42)28-45(74)67-40(29-73)50(79)70-27-32-12-2-1-10-30(32)24-44(70)51(80)72-41-18-6-3-11-31(41)25-43(72)48(77)69-39(52(81)82)17-9-23-65-55(61)62/h1-2,4-5,10,12-14,19-20,26,31,37-41,43-44,73H,3,6-9,11,15-18,21-25,27-29,56H2,(H,66,76)(H,67,74)(H,68,75)(H,69,77)(H,81,82)(H4,57,58,63)(H4,59,60,64)(H4,61,62,65). The maximum atomic E-state index is 15.3. The monoisotopic (exact) mass is 1130 g/mol. The number of benzene rings is 3. The highest BCUT2D eigenvalue weighted by Gasteiger charge is 2.51. The number of carbonyl (C=O) groups excluding carboxylic acids is 6. The van der Waals surface area contributed by atoms with Crippen LogP contribution in [0.25, 0.3) is 21.7 Å². The lowest BCUT2D eigenvalue weighted by Crippen LogP contribution is -2.62. The number of aliphatic carboxylic acids is 1. The van der Waals surface area contributed by atoms with E-state index in [2.05, 4.69) is 36.2 Å². The summed E-state index contributed by atoms with van der Waals surface area (Å²) in [6.45, 7) is -1.03.